The first-order valence-corrected chi connectivity index (χ1v) is 9.29. The number of amides is 3. The van der Waals surface area contributed by atoms with E-state index in [0.29, 0.717) is 5.75 Å². The molecule has 8 heteroatoms. The van der Waals surface area contributed by atoms with E-state index < -0.39 is 6.03 Å². The first-order chi connectivity index (χ1) is 11.0. The van der Waals surface area contributed by atoms with Crippen LogP contribution in [0.2, 0.25) is 5.02 Å². The number of thioether (sulfide) groups is 1. The van der Waals surface area contributed by atoms with Crippen LogP contribution in [0.3, 0.4) is 0 Å². The first kappa shape index (κ1) is 17.8. The fourth-order valence-corrected chi connectivity index (χ4v) is 3.71. The van der Waals surface area contributed by atoms with Crippen molar-refractivity contribution in [3.05, 3.63) is 50.9 Å². The summed E-state index contributed by atoms with van der Waals surface area (Å²) in [5, 5.41) is 5.85. The number of urea groups is 1. The zero-order valence-corrected chi connectivity index (χ0v) is 14.6. The van der Waals surface area contributed by atoms with Crippen molar-refractivity contribution in [3.63, 3.8) is 0 Å². The van der Waals surface area contributed by atoms with Crippen molar-refractivity contribution in [2.45, 2.75) is 18.6 Å². The van der Waals surface area contributed by atoms with Gasteiger partial charge in [0, 0.05) is 34.8 Å². The molecular weight excluding hydrogens is 354 g/mol. The highest BCUT2D eigenvalue weighted by atomic mass is 35.5. The Morgan fingerprint density at radius 3 is 2.74 bits per heavy atom. The molecule has 1 aromatic heterocycles. The third kappa shape index (κ3) is 6.60. The van der Waals surface area contributed by atoms with Crippen molar-refractivity contribution >= 4 is 46.6 Å². The Morgan fingerprint density at radius 2 is 2.04 bits per heavy atom. The van der Waals surface area contributed by atoms with Crippen molar-refractivity contribution in [2.75, 3.05) is 5.75 Å². The van der Waals surface area contributed by atoms with E-state index in [0.717, 1.165) is 27.9 Å². The van der Waals surface area contributed by atoms with E-state index >= 15 is 0 Å². The van der Waals surface area contributed by atoms with E-state index in [1.54, 1.807) is 23.1 Å². The molecule has 0 radical (unpaired) electrons. The highest BCUT2D eigenvalue weighted by molar-refractivity contribution is 7.98. The fraction of sp³-hybridized carbons (Fsp3) is 0.267. The lowest BCUT2D eigenvalue weighted by Gasteiger charge is -2.00. The highest BCUT2D eigenvalue weighted by Crippen LogP contribution is 2.20. The van der Waals surface area contributed by atoms with Crippen LogP contribution in [0.4, 0.5) is 4.79 Å². The molecule has 0 saturated heterocycles. The molecule has 0 aliphatic rings. The average molecular weight is 370 g/mol. The summed E-state index contributed by atoms with van der Waals surface area (Å²) in [6, 6.07) is 6.92. The molecule has 0 aliphatic carbocycles. The Kier molecular flexibility index (Phi) is 6.88. The number of thiazole rings is 1. The number of primary amides is 1. The van der Waals surface area contributed by atoms with Gasteiger partial charge in [0.2, 0.25) is 5.91 Å². The van der Waals surface area contributed by atoms with Crippen LogP contribution in [0.25, 0.3) is 0 Å². The van der Waals surface area contributed by atoms with Gasteiger partial charge < -0.3 is 5.73 Å². The minimum Gasteiger partial charge on any atom is -0.351 e. The summed E-state index contributed by atoms with van der Waals surface area (Å²) in [4.78, 5) is 26.3. The maximum atomic E-state index is 11.2. The molecule has 0 spiro atoms. The van der Waals surface area contributed by atoms with E-state index in [1.165, 1.54) is 5.56 Å². The minimum absolute atomic E-state index is 0.259. The fourth-order valence-electron chi connectivity index (χ4n) is 1.81. The van der Waals surface area contributed by atoms with E-state index in [9.17, 15) is 9.59 Å². The largest absolute Gasteiger partial charge is 0.351 e. The second-order valence-corrected chi connectivity index (χ2v) is 7.24. The Hall–Kier alpha value is -1.57. The lowest BCUT2D eigenvalue weighted by Crippen LogP contribution is -2.35. The number of halogens is 1. The molecule has 0 fully saturated rings. The third-order valence-corrected chi connectivity index (χ3v) is 5.00. The standard InChI is InChI=1S/C15H16ClN3O2S2/c16-11-3-1-10(2-4-11)7-14-18-12(9-23-14)8-22-6-5-13(20)19-15(17)21/h1-4,9H,5-8H2,(H3,17,19,20,21). The van der Waals surface area contributed by atoms with E-state index in [-0.39, 0.29) is 12.3 Å². The molecular formula is C15H16ClN3O2S2. The summed E-state index contributed by atoms with van der Waals surface area (Å²) in [5.41, 5.74) is 7.04. The van der Waals surface area contributed by atoms with Gasteiger partial charge in [0.15, 0.2) is 0 Å². The highest BCUT2D eigenvalue weighted by Gasteiger charge is 2.06. The van der Waals surface area contributed by atoms with Crippen LogP contribution in [-0.2, 0) is 17.0 Å². The van der Waals surface area contributed by atoms with Gasteiger partial charge in [-0.25, -0.2) is 9.78 Å². The number of nitrogens with two attached hydrogens (primary N) is 1. The Balaban J connectivity index is 1.73. The second-order valence-electron chi connectivity index (χ2n) is 4.75. The van der Waals surface area contributed by atoms with Gasteiger partial charge in [-0.05, 0) is 17.7 Å². The molecule has 0 bridgehead atoms. The summed E-state index contributed by atoms with van der Waals surface area (Å²) in [7, 11) is 0. The molecule has 3 N–H and O–H groups in total. The smallest absolute Gasteiger partial charge is 0.318 e. The van der Waals surface area contributed by atoms with Gasteiger partial charge in [-0.2, -0.15) is 11.8 Å². The molecule has 0 saturated carbocycles. The lowest BCUT2D eigenvalue weighted by molar-refractivity contribution is -0.119. The number of nitrogens with one attached hydrogen (secondary N) is 1. The van der Waals surface area contributed by atoms with Gasteiger partial charge in [0.1, 0.15) is 0 Å². The van der Waals surface area contributed by atoms with Gasteiger partial charge in [-0.3, -0.25) is 10.1 Å². The SMILES string of the molecule is NC(=O)NC(=O)CCSCc1csc(Cc2ccc(Cl)cc2)n1. The van der Waals surface area contributed by atoms with Crippen LogP contribution in [0.5, 0.6) is 0 Å². The number of hydrogen-bond acceptors (Lipinski definition) is 5. The number of nitrogens with zero attached hydrogens (tertiary/aromatic N) is 1. The van der Waals surface area contributed by atoms with Crippen LogP contribution in [0.15, 0.2) is 29.6 Å². The Labute approximate surface area is 147 Å². The topological polar surface area (TPSA) is 85.1 Å². The molecule has 2 aromatic rings. The number of aromatic nitrogens is 1. The number of hydrogen-bond donors (Lipinski definition) is 2. The van der Waals surface area contributed by atoms with E-state index in [1.807, 2.05) is 35.0 Å². The molecule has 3 amide bonds. The maximum absolute atomic E-state index is 11.2. The van der Waals surface area contributed by atoms with E-state index in [4.69, 9.17) is 17.3 Å². The molecule has 0 atom stereocenters. The normalized spacial score (nSPS) is 10.5. The van der Waals surface area contributed by atoms with Crippen LogP contribution in [-0.4, -0.2) is 22.7 Å². The Bertz CT molecular complexity index is 674. The van der Waals surface area contributed by atoms with Gasteiger partial charge in [0.25, 0.3) is 0 Å². The predicted octanol–water partition coefficient (Wildman–Crippen LogP) is 3.21. The van der Waals surface area contributed by atoms with Gasteiger partial charge >= 0.3 is 6.03 Å². The summed E-state index contributed by atoms with van der Waals surface area (Å²) in [5.74, 6) is 0.996. The van der Waals surface area contributed by atoms with Crippen molar-refractivity contribution in [2.24, 2.45) is 5.73 Å². The van der Waals surface area contributed by atoms with Crippen LogP contribution in [0.1, 0.15) is 22.7 Å². The number of rotatable bonds is 7. The van der Waals surface area contributed by atoms with Gasteiger partial charge in [-0.15, -0.1) is 11.3 Å². The summed E-state index contributed by atoms with van der Waals surface area (Å²) >= 11 is 9.09. The first-order valence-electron chi connectivity index (χ1n) is 6.87. The van der Waals surface area contributed by atoms with Gasteiger partial charge in [-0.1, -0.05) is 23.7 Å². The monoisotopic (exact) mass is 369 g/mol. The quantitative estimate of drug-likeness (QED) is 0.734. The summed E-state index contributed by atoms with van der Waals surface area (Å²) in [6.45, 7) is 0. The van der Waals surface area contributed by atoms with Gasteiger partial charge in [0.05, 0.1) is 10.7 Å². The minimum atomic E-state index is -0.814. The van der Waals surface area contributed by atoms with Crippen molar-refractivity contribution in [3.8, 4) is 0 Å². The molecule has 0 aliphatic heterocycles. The summed E-state index contributed by atoms with van der Waals surface area (Å²) < 4.78 is 0. The van der Waals surface area contributed by atoms with Crippen molar-refractivity contribution in [1.82, 2.24) is 10.3 Å². The zero-order valence-electron chi connectivity index (χ0n) is 12.3. The van der Waals surface area contributed by atoms with E-state index in [2.05, 4.69) is 4.98 Å². The van der Waals surface area contributed by atoms with Crippen LogP contribution >= 0.6 is 34.7 Å². The van der Waals surface area contributed by atoms with Crippen LogP contribution < -0.4 is 11.1 Å². The molecule has 1 heterocycles. The Morgan fingerprint density at radius 1 is 1.30 bits per heavy atom. The number of imide groups is 1. The molecule has 1 aromatic carbocycles. The predicted molar refractivity (Wildman–Crippen MR) is 94.9 cm³/mol. The molecule has 2 rings (SSSR count). The number of benzene rings is 1. The number of carbonyl (C=O) groups is 2. The lowest BCUT2D eigenvalue weighted by atomic mass is 10.2. The molecule has 5 nitrogen and oxygen atoms in total. The number of carbonyl (C=O) groups excluding carboxylic acids is 2. The van der Waals surface area contributed by atoms with Crippen molar-refractivity contribution < 1.29 is 9.59 Å². The molecule has 122 valence electrons. The average Bonchev–Trinajstić information content (AvgIpc) is 2.93. The maximum Gasteiger partial charge on any atom is 0.318 e. The zero-order chi connectivity index (χ0) is 16.7. The second kappa shape index (κ2) is 8.90. The van der Waals surface area contributed by atoms with Crippen molar-refractivity contribution in [1.29, 1.82) is 0 Å². The molecule has 23 heavy (non-hydrogen) atoms. The molecule has 0 unspecified atom stereocenters. The van der Waals surface area contributed by atoms with Crippen LogP contribution in [0, 0.1) is 0 Å². The summed E-state index contributed by atoms with van der Waals surface area (Å²) in [6.07, 6.45) is 1.04. The third-order valence-electron chi connectivity index (χ3n) is 2.85.